The minimum atomic E-state index is -1.85. The molecule has 0 N–H and O–H groups in total. The molecular formula is C8H16O3Si. The van der Waals surface area contributed by atoms with E-state index in [0.717, 1.165) is 0 Å². The van der Waals surface area contributed by atoms with Gasteiger partial charge in [0.2, 0.25) is 0 Å². The number of hydrogen-bond donors (Lipinski definition) is 0. The van der Waals surface area contributed by atoms with Crippen molar-refractivity contribution in [1.82, 2.24) is 0 Å². The molecule has 0 spiro atoms. The fourth-order valence-electron chi connectivity index (χ4n) is 0.755. The van der Waals surface area contributed by atoms with Crippen molar-refractivity contribution >= 4 is 14.3 Å². The maximum absolute atomic E-state index is 10.9. The lowest BCUT2D eigenvalue weighted by atomic mass is 10.7. The Hall–Kier alpha value is -0.613. The Kier molecular flexibility index (Phi) is 4.85. The summed E-state index contributed by atoms with van der Waals surface area (Å²) in [6, 6.07) is 0.400. The van der Waals surface area contributed by atoms with Crippen LogP contribution in [-0.4, -0.2) is 28.0 Å². The SMILES string of the molecule is C=CCO[Si](C)(C)CC(=O)OC. The van der Waals surface area contributed by atoms with Gasteiger partial charge in [-0.3, -0.25) is 4.79 Å². The number of esters is 1. The second kappa shape index (κ2) is 5.11. The molecule has 0 aromatic heterocycles. The average molecular weight is 188 g/mol. The van der Waals surface area contributed by atoms with Crippen LogP contribution in [0.3, 0.4) is 0 Å². The molecule has 0 bridgehead atoms. The molecular weight excluding hydrogens is 172 g/mol. The van der Waals surface area contributed by atoms with Gasteiger partial charge in [0.1, 0.15) is 0 Å². The predicted octanol–water partition coefficient (Wildman–Crippen LogP) is 1.57. The zero-order chi connectivity index (χ0) is 9.61. The highest BCUT2D eigenvalue weighted by molar-refractivity contribution is 6.73. The zero-order valence-electron chi connectivity index (χ0n) is 7.92. The minimum absolute atomic E-state index is 0.198. The van der Waals surface area contributed by atoms with Crippen LogP contribution in [0.4, 0.5) is 0 Å². The van der Waals surface area contributed by atoms with Crippen molar-refractivity contribution in [3.63, 3.8) is 0 Å². The summed E-state index contributed by atoms with van der Waals surface area (Å²) in [6.07, 6.45) is 1.69. The van der Waals surface area contributed by atoms with E-state index in [9.17, 15) is 4.79 Å². The lowest BCUT2D eigenvalue weighted by Crippen LogP contribution is -2.33. The molecule has 0 unspecified atom stereocenters. The molecule has 0 atom stereocenters. The average Bonchev–Trinajstić information content (AvgIpc) is 2.00. The molecule has 0 amide bonds. The summed E-state index contributed by atoms with van der Waals surface area (Å²) in [5.74, 6) is -0.198. The molecule has 0 saturated carbocycles. The van der Waals surface area contributed by atoms with Crippen LogP contribution >= 0.6 is 0 Å². The third kappa shape index (κ3) is 5.09. The Balaban J connectivity index is 3.85. The number of methoxy groups -OCH3 is 1. The van der Waals surface area contributed by atoms with Gasteiger partial charge < -0.3 is 9.16 Å². The number of carbonyl (C=O) groups excluding carboxylic acids is 1. The summed E-state index contributed by atoms with van der Waals surface area (Å²) in [5.41, 5.74) is 0. The third-order valence-electron chi connectivity index (χ3n) is 1.39. The van der Waals surface area contributed by atoms with Crippen molar-refractivity contribution in [2.75, 3.05) is 13.7 Å². The largest absolute Gasteiger partial charge is 0.469 e. The Bertz CT molecular complexity index is 166. The fourth-order valence-corrected chi connectivity index (χ4v) is 2.27. The lowest BCUT2D eigenvalue weighted by molar-refractivity contribution is -0.138. The first-order valence-electron chi connectivity index (χ1n) is 3.83. The first-order chi connectivity index (χ1) is 5.52. The summed E-state index contributed by atoms with van der Waals surface area (Å²) in [5, 5.41) is 0. The van der Waals surface area contributed by atoms with Gasteiger partial charge in [0.25, 0.3) is 0 Å². The first-order valence-corrected chi connectivity index (χ1v) is 6.95. The molecule has 0 radical (unpaired) electrons. The zero-order valence-corrected chi connectivity index (χ0v) is 8.92. The van der Waals surface area contributed by atoms with Gasteiger partial charge in [-0.15, -0.1) is 6.58 Å². The summed E-state index contributed by atoms with van der Waals surface area (Å²) < 4.78 is 10.0. The molecule has 0 aliphatic carbocycles. The molecule has 0 heterocycles. The summed E-state index contributed by atoms with van der Waals surface area (Å²) in [4.78, 5) is 10.9. The molecule has 0 rings (SSSR count). The smallest absolute Gasteiger partial charge is 0.305 e. The Morgan fingerprint density at radius 1 is 1.58 bits per heavy atom. The van der Waals surface area contributed by atoms with Crippen LogP contribution in [0.5, 0.6) is 0 Å². The van der Waals surface area contributed by atoms with E-state index in [1.807, 2.05) is 13.1 Å². The molecule has 0 aromatic rings. The minimum Gasteiger partial charge on any atom is -0.469 e. The molecule has 0 saturated heterocycles. The van der Waals surface area contributed by atoms with Crippen LogP contribution in [0.1, 0.15) is 0 Å². The Morgan fingerprint density at radius 3 is 2.58 bits per heavy atom. The molecule has 0 fully saturated rings. The van der Waals surface area contributed by atoms with Gasteiger partial charge in [-0.2, -0.15) is 0 Å². The monoisotopic (exact) mass is 188 g/mol. The number of hydrogen-bond acceptors (Lipinski definition) is 3. The highest BCUT2D eigenvalue weighted by atomic mass is 28.4. The molecule has 4 heteroatoms. The molecule has 0 aliphatic heterocycles. The van der Waals surface area contributed by atoms with E-state index in [1.54, 1.807) is 6.08 Å². The van der Waals surface area contributed by atoms with Crippen LogP contribution in [0.2, 0.25) is 19.1 Å². The van der Waals surface area contributed by atoms with E-state index in [1.165, 1.54) is 7.11 Å². The van der Waals surface area contributed by atoms with Crippen molar-refractivity contribution in [3.8, 4) is 0 Å². The molecule has 12 heavy (non-hydrogen) atoms. The first kappa shape index (κ1) is 11.4. The quantitative estimate of drug-likeness (QED) is 0.373. The van der Waals surface area contributed by atoms with Crippen molar-refractivity contribution in [2.45, 2.75) is 19.1 Å². The standard InChI is InChI=1S/C8H16O3Si/c1-5-6-11-12(3,4)7-8(9)10-2/h5H,1,6-7H2,2-4H3. The van der Waals surface area contributed by atoms with Crippen molar-refractivity contribution in [3.05, 3.63) is 12.7 Å². The second-order valence-electron chi connectivity index (χ2n) is 3.11. The van der Waals surface area contributed by atoms with E-state index >= 15 is 0 Å². The highest BCUT2D eigenvalue weighted by Gasteiger charge is 2.26. The van der Waals surface area contributed by atoms with Gasteiger partial charge in [-0.1, -0.05) is 6.08 Å². The molecule has 70 valence electrons. The Morgan fingerprint density at radius 2 is 2.17 bits per heavy atom. The van der Waals surface area contributed by atoms with Gasteiger partial charge in [0, 0.05) is 0 Å². The summed E-state index contributed by atoms with van der Waals surface area (Å²) in [6.45, 7) is 8.01. The van der Waals surface area contributed by atoms with E-state index in [2.05, 4.69) is 11.3 Å². The molecule has 0 aliphatic rings. The number of ether oxygens (including phenoxy) is 1. The van der Waals surface area contributed by atoms with E-state index < -0.39 is 8.32 Å². The van der Waals surface area contributed by atoms with Gasteiger partial charge in [0.15, 0.2) is 8.32 Å². The van der Waals surface area contributed by atoms with Crippen LogP contribution in [0, 0.1) is 0 Å². The predicted molar refractivity (Wildman–Crippen MR) is 50.5 cm³/mol. The van der Waals surface area contributed by atoms with E-state index in [0.29, 0.717) is 12.7 Å². The lowest BCUT2D eigenvalue weighted by Gasteiger charge is -2.20. The third-order valence-corrected chi connectivity index (χ3v) is 3.48. The maximum atomic E-state index is 10.9. The van der Waals surface area contributed by atoms with Gasteiger partial charge in [0.05, 0.1) is 19.8 Å². The van der Waals surface area contributed by atoms with Gasteiger partial charge >= 0.3 is 5.97 Å². The van der Waals surface area contributed by atoms with E-state index in [4.69, 9.17) is 4.43 Å². The van der Waals surface area contributed by atoms with E-state index in [-0.39, 0.29) is 5.97 Å². The van der Waals surface area contributed by atoms with Gasteiger partial charge in [-0.25, -0.2) is 0 Å². The second-order valence-corrected chi connectivity index (χ2v) is 7.27. The highest BCUT2D eigenvalue weighted by Crippen LogP contribution is 2.11. The normalized spacial score (nSPS) is 10.9. The molecule has 0 aromatic carbocycles. The van der Waals surface area contributed by atoms with Crippen LogP contribution in [0.15, 0.2) is 12.7 Å². The Labute approximate surface area is 74.5 Å². The maximum Gasteiger partial charge on any atom is 0.305 e. The van der Waals surface area contributed by atoms with Crippen molar-refractivity contribution in [1.29, 1.82) is 0 Å². The van der Waals surface area contributed by atoms with Crippen molar-refractivity contribution < 1.29 is 14.0 Å². The van der Waals surface area contributed by atoms with Crippen LogP contribution in [0.25, 0.3) is 0 Å². The summed E-state index contributed by atoms with van der Waals surface area (Å²) in [7, 11) is -0.465. The summed E-state index contributed by atoms with van der Waals surface area (Å²) >= 11 is 0. The number of rotatable bonds is 5. The van der Waals surface area contributed by atoms with Gasteiger partial charge in [-0.05, 0) is 13.1 Å². The number of carbonyl (C=O) groups is 1. The molecule has 3 nitrogen and oxygen atoms in total. The van der Waals surface area contributed by atoms with Crippen LogP contribution < -0.4 is 0 Å². The fraction of sp³-hybridized carbons (Fsp3) is 0.625. The topological polar surface area (TPSA) is 35.5 Å². The van der Waals surface area contributed by atoms with Crippen molar-refractivity contribution in [2.24, 2.45) is 0 Å². The van der Waals surface area contributed by atoms with Crippen LogP contribution in [-0.2, 0) is 14.0 Å².